The molecule has 0 spiro atoms. The first kappa shape index (κ1) is 15.7. The highest BCUT2D eigenvalue weighted by molar-refractivity contribution is 5.82. The molecule has 122 valence electrons. The number of amides is 1. The highest BCUT2D eigenvalue weighted by Gasteiger charge is 2.45. The Morgan fingerprint density at radius 1 is 1.36 bits per heavy atom. The van der Waals surface area contributed by atoms with E-state index in [1.807, 2.05) is 0 Å². The first-order chi connectivity index (χ1) is 10.6. The first-order valence-corrected chi connectivity index (χ1v) is 8.78. The minimum absolute atomic E-state index is 0.145. The van der Waals surface area contributed by atoms with Crippen LogP contribution in [0.1, 0.15) is 46.0 Å². The Morgan fingerprint density at radius 3 is 2.95 bits per heavy atom. The molecule has 0 bridgehead atoms. The van der Waals surface area contributed by atoms with E-state index < -0.39 is 0 Å². The number of fused-ring (bicyclic) bond motifs is 1. The van der Waals surface area contributed by atoms with Gasteiger partial charge < -0.3 is 15.4 Å². The van der Waals surface area contributed by atoms with E-state index >= 15 is 0 Å². The van der Waals surface area contributed by atoms with Crippen molar-refractivity contribution < 1.29 is 9.59 Å². The Bertz CT molecular complexity index is 462. The molecule has 3 aliphatic rings. The lowest BCUT2D eigenvalue weighted by molar-refractivity contribution is -0.123. The number of carbonyl (C=O) groups is 2. The molecule has 0 radical (unpaired) electrons. The van der Waals surface area contributed by atoms with Gasteiger partial charge in [0.2, 0.25) is 5.91 Å². The number of rotatable bonds is 5. The van der Waals surface area contributed by atoms with Crippen molar-refractivity contribution in [2.45, 2.75) is 64.1 Å². The molecule has 1 aliphatic carbocycles. The van der Waals surface area contributed by atoms with Gasteiger partial charge in [-0.25, -0.2) is 0 Å². The van der Waals surface area contributed by atoms with Gasteiger partial charge in [-0.15, -0.1) is 0 Å². The zero-order chi connectivity index (χ0) is 15.7. The molecule has 7 unspecified atom stereocenters. The molecule has 0 aromatic rings. The third-order valence-corrected chi connectivity index (χ3v) is 6.19. The molecule has 2 saturated heterocycles. The molecule has 2 N–H and O–H groups in total. The third-order valence-electron chi connectivity index (χ3n) is 6.19. The van der Waals surface area contributed by atoms with Crippen LogP contribution in [0.2, 0.25) is 0 Å². The van der Waals surface area contributed by atoms with Crippen molar-refractivity contribution in [2.24, 2.45) is 23.7 Å². The maximum Gasteiger partial charge on any atom is 0.224 e. The Balaban J connectivity index is 1.64. The number of nitrogens with one attached hydrogen (secondary N) is 2. The Labute approximate surface area is 133 Å². The van der Waals surface area contributed by atoms with Crippen molar-refractivity contribution >= 4 is 12.2 Å². The minimum atomic E-state index is 0.145. The fourth-order valence-electron chi connectivity index (χ4n) is 4.90. The van der Waals surface area contributed by atoms with Crippen LogP contribution in [0.15, 0.2) is 12.2 Å². The first-order valence-electron chi connectivity index (χ1n) is 8.78. The van der Waals surface area contributed by atoms with Crippen LogP contribution in [-0.2, 0) is 9.59 Å². The van der Waals surface area contributed by atoms with Crippen molar-refractivity contribution in [3.63, 3.8) is 0 Å². The van der Waals surface area contributed by atoms with Crippen LogP contribution >= 0.6 is 0 Å². The SMILES string of the molecule is CC1NC(CC2C(=O)NC3C=CCCC32)C(C)C1CCC=O. The van der Waals surface area contributed by atoms with E-state index in [1.54, 1.807) is 0 Å². The van der Waals surface area contributed by atoms with Gasteiger partial charge >= 0.3 is 0 Å². The second-order valence-electron chi connectivity index (χ2n) is 7.37. The smallest absolute Gasteiger partial charge is 0.224 e. The summed E-state index contributed by atoms with van der Waals surface area (Å²) in [5, 5.41) is 6.84. The van der Waals surface area contributed by atoms with E-state index in [1.165, 1.54) is 0 Å². The van der Waals surface area contributed by atoms with Gasteiger partial charge in [0.25, 0.3) is 0 Å². The molecular weight excluding hydrogens is 276 g/mol. The fourth-order valence-corrected chi connectivity index (χ4v) is 4.90. The van der Waals surface area contributed by atoms with E-state index in [-0.39, 0.29) is 17.9 Å². The van der Waals surface area contributed by atoms with Gasteiger partial charge in [-0.2, -0.15) is 0 Å². The maximum absolute atomic E-state index is 12.4. The molecule has 2 aliphatic heterocycles. The molecule has 0 saturated carbocycles. The average molecular weight is 304 g/mol. The van der Waals surface area contributed by atoms with Crippen LogP contribution in [0.5, 0.6) is 0 Å². The number of hydrogen-bond donors (Lipinski definition) is 2. The molecule has 4 nitrogen and oxygen atoms in total. The highest BCUT2D eigenvalue weighted by atomic mass is 16.2. The summed E-state index contributed by atoms with van der Waals surface area (Å²) in [4.78, 5) is 23.0. The van der Waals surface area contributed by atoms with Crippen LogP contribution in [-0.4, -0.2) is 30.3 Å². The predicted molar refractivity (Wildman–Crippen MR) is 86.2 cm³/mol. The zero-order valence-electron chi connectivity index (χ0n) is 13.6. The van der Waals surface area contributed by atoms with Crippen LogP contribution in [0.25, 0.3) is 0 Å². The Kier molecular flexibility index (Phi) is 4.67. The van der Waals surface area contributed by atoms with Gasteiger partial charge in [-0.1, -0.05) is 19.1 Å². The molecule has 3 rings (SSSR count). The molecular formula is C18H28N2O2. The van der Waals surface area contributed by atoms with E-state index in [4.69, 9.17) is 0 Å². The zero-order valence-corrected chi connectivity index (χ0v) is 13.6. The van der Waals surface area contributed by atoms with Gasteiger partial charge in [-0.05, 0) is 50.4 Å². The lowest BCUT2D eigenvalue weighted by atomic mass is 9.77. The van der Waals surface area contributed by atoms with Gasteiger partial charge in [0.05, 0.1) is 6.04 Å². The van der Waals surface area contributed by atoms with Crippen LogP contribution in [0.3, 0.4) is 0 Å². The van der Waals surface area contributed by atoms with Crippen molar-refractivity contribution in [2.75, 3.05) is 0 Å². The van der Waals surface area contributed by atoms with E-state index in [9.17, 15) is 9.59 Å². The lowest BCUT2D eigenvalue weighted by Gasteiger charge is -2.27. The maximum atomic E-state index is 12.4. The average Bonchev–Trinajstić information content (AvgIpc) is 2.96. The number of carbonyl (C=O) groups excluding carboxylic acids is 2. The second kappa shape index (κ2) is 6.53. The molecule has 7 atom stereocenters. The fraction of sp³-hybridized carbons (Fsp3) is 0.778. The minimum Gasteiger partial charge on any atom is -0.349 e. The normalized spacial score (nSPS) is 43.9. The monoisotopic (exact) mass is 304 g/mol. The molecule has 2 heterocycles. The van der Waals surface area contributed by atoms with E-state index in [0.717, 1.165) is 32.0 Å². The number of aldehydes is 1. The summed E-state index contributed by atoms with van der Waals surface area (Å²) in [7, 11) is 0. The summed E-state index contributed by atoms with van der Waals surface area (Å²) < 4.78 is 0. The predicted octanol–water partition coefficient (Wildman–Crippen LogP) is 2.05. The van der Waals surface area contributed by atoms with Gasteiger partial charge in [-0.3, -0.25) is 4.79 Å². The van der Waals surface area contributed by atoms with Crippen LogP contribution in [0, 0.1) is 23.7 Å². The topological polar surface area (TPSA) is 58.2 Å². The van der Waals surface area contributed by atoms with Crippen molar-refractivity contribution in [3.05, 3.63) is 12.2 Å². The van der Waals surface area contributed by atoms with Crippen molar-refractivity contribution in [3.8, 4) is 0 Å². The summed E-state index contributed by atoms with van der Waals surface area (Å²) in [5.41, 5.74) is 0. The Hall–Kier alpha value is -1.16. The molecule has 4 heteroatoms. The molecule has 22 heavy (non-hydrogen) atoms. The summed E-state index contributed by atoms with van der Waals surface area (Å²) in [6.07, 6.45) is 10.1. The standard InChI is InChI=1S/C18H28N2O2/c1-11-13(7-5-9-21)12(2)19-17(11)10-15-14-6-3-4-8-16(14)20-18(15)22/h4,8-9,11-17,19H,3,5-7,10H2,1-2H3,(H,20,22). The number of allylic oxidation sites excluding steroid dienone is 1. The van der Waals surface area contributed by atoms with E-state index in [0.29, 0.717) is 36.3 Å². The number of hydrogen-bond acceptors (Lipinski definition) is 3. The van der Waals surface area contributed by atoms with Crippen LogP contribution in [0.4, 0.5) is 0 Å². The van der Waals surface area contributed by atoms with Crippen molar-refractivity contribution in [1.82, 2.24) is 10.6 Å². The summed E-state index contributed by atoms with van der Waals surface area (Å²) in [5.74, 6) is 1.92. The molecule has 0 aromatic carbocycles. The largest absolute Gasteiger partial charge is 0.349 e. The van der Waals surface area contributed by atoms with Crippen LogP contribution < -0.4 is 10.6 Å². The van der Waals surface area contributed by atoms with Crippen molar-refractivity contribution in [1.29, 1.82) is 0 Å². The van der Waals surface area contributed by atoms with E-state index in [2.05, 4.69) is 36.6 Å². The highest BCUT2D eigenvalue weighted by Crippen LogP contribution is 2.39. The molecule has 1 amide bonds. The third kappa shape index (κ3) is 2.85. The summed E-state index contributed by atoms with van der Waals surface area (Å²) in [6.45, 7) is 4.49. The second-order valence-corrected chi connectivity index (χ2v) is 7.37. The van der Waals surface area contributed by atoms with Gasteiger partial charge in [0, 0.05) is 24.4 Å². The summed E-state index contributed by atoms with van der Waals surface area (Å²) in [6, 6.07) is 1.09. The Morgan fingerprint density at radius 2 is 2.18 bits per heavy atom. The molecule has 2 fully saturated rings. The summed E-state index contributed by atoms with van der Waals surface area (Å²) >= 11 is 0. The van der Waals surface area contributed by atoms with Gasteiger partial charge in [0.1, 0.15) is 6.29 Å². The quantitative estimate of drug-likeness (QED) is 0.604. The van der Waals surface area contributed by atoms with Gasteiger partial charge in [0.15, 0.2) is 0 Å². The molecule has 0 aromatic heterocycles. The lowest BCUT2D eigenvalue weighted by Crippen LogP contribution is -2.35.